The Hall–Kier alpha value is -2.72. The predicted octanol–water partition coefficient (Wildman–Crippen LogP) is 3.90. The lowest BCUT2D eigenvalue weighted by Crippen LogP contribution is -1.93. The van der Waals surface area contributed by atoms with Crippen molar-refractivity contribution < 1.29 is 0 Å². The predicted molar refractivity (Wildman–Crippen MR) is 89.3 cm³/mol. The molecule has 22 heavy (non-hydrogen) atoms. The molecule has 0 unspecified atom stereocenters. The highest BCUT2D eigenvalue weighted by Gasteiger charge is 2.04. The van der Waals surface area contributed by atoms with Crippen molar-refractivity contribution in [2.24, 2.45) is 0 Å². The van der Waals surface area contributed by atoms with Crippen molar-refractivity contribution in [2.75, 3.05) is 0 Å². The smallest absolute Gasteiger partial charge is 0.159 e. The molecule has 0 saturated carbocycles. The first-order valence-corrected chi connectivity index (χ1v) is 6.71. The molecule has 4 rings (SSSR count). The average molecular weight is 309 g/mol. The SMILES string of the molecule is Cl.c1ccc(-c2ncc3cc(-n4ccnc4)ccc3n2)cc1. The summed E-state index contributed by atoms with van der Waals surface area (Å²) in [5.74, 6) is 0.749. The number of imidazole rings is 1. The Labute approximate surface area is 133 Å². The van der Waals surface area contributed by atoms with Gasteiger partial charge in [-0.3, -0.25) is 0 Å². The maximum Gasteiger partial charge on any atom is 0.159 e. The zero-order valence-electron chi connectivity index (χ0n) is 11.6. The summed E-state index contributed by atoms with van der Waals surface area (Å²) in [5, 5.41) is 1.01. The molecule has 0 aliphatic rings. The molecule has 0 fully saturated rings. The molecule has 4 nitrogen and oxygen atoms in total. The summed E-state index contributed by atoms with van der Waals surface area (Å²) in [7, 11) is 0. The van der Waals surface area contributed by atoms with Crippen LogP contribution in [0.5, 0.6) is 0 Å². The number of hydrogen-bond acceptors (Lipinski definition) is 3. The number of rotatable bonds is 2. The highest BCUT2D eigenvalue weighted by molar-refractivity contribution is 5.85. The average Bonchev–Trinajstić information content (AvgIpc) is 3.09. The van der Waals surface area contributed by atoms with Gasteiger partial charge in [-0.15, -0.1) is 12.4 Å². The fourth-order valence-electron chi connectivity index (χ4n) is 2.32. The van der Waals surface area contributed by atoms with Crippen molar-refractivity contribution in [3.63, 3.8) is 0 Å². The summed E-state index contributed by atoms with van der Waals surface area (Å²) in [6, 6.07) is 16.1. The van der Waals surface area contributed by atoms with E-state index in [1.807, 2.05) is 59.4 Å². The van der Waals surface area contributed by atoms with Gasteiger partial charge in [0, 0.05) is 35.2 Å². The standard InChI is InChI=1S/C17H12N4.ClH/c1-2-4-13(5-3-1)17-19-11-14-10-15(6-7-16(14)20-17)21-9-8-18-12-21;/h1-12H;1H. The fourth-order valence-corrected chi connectivity index (χ4v) is 2.32. The topological polar surface area (TPSA) is 43.6 Å². The Bertz CT molecular complexity index is 889. The number of aromatic nitrogens is 4. The van der Waals surface area contributed by atoms with E-state index in [4.69, 9.17) is 0 Å². The molecular weight excluding hydrogens is 296 g/mol. The minimum atomic E-state index is 0. The second-order valence-electron chi connectivity index (χ2n) is 4.77. The van der Waals surface area contributed by atoms with E-state index in [0.29, 0.717) is 0 Å². The van der Waals surface area contributed by atoms with E-state index in [-0.39, 0.29) is 12.4 Å². The van der Waals surface area contributed by atoms with Crippen LogP contribution in [0.3, 0.4) is 0 Å². The Morgan fingerprint density at radius 3 is 2.59 bits per heavy atom. The van der Waals surface area contributed by atoms with E-state index in [1.54, 1.807) is 12.5 Å². The summed E-state index contributed by atoms with van der Waals surface area (Å²) < 4.78 is 1.96. The molecule has 0 N–H and O–H groups in total. The molecule has 0 bridgehead atoms. The molecule has 0 spiro atoms. The molecule has 0 amide bonds. The van der Waals surface area contributed by atoms with Crippen molar-refractivity contribution in [3.05, 3.63) is 73.4 Å². The molecule has 0 atom stereocenters. The van der Waals surface area contributed by atoms with Crippen molar-refractivity contribution in [2.45, 2.75) is 0 Å². The molecular formula is C17H13ClN4. The molecule has 108 valence electrons. The molecule has 0 radical (unpaired) electrons. The maximum absolute atomic E-state index is 4.63. The second-order valence-corrected chi connectivity index (χ2v) is 4.77. The zero-order chi connectivity index (χ0) is 14.1. The highest BCUT2D eigenvalue weighted by atomic mass is 35.5. The maximum atomic E-state index is 4.63. The van der Waals surface area contributed by atoms with Gasteiger partial charge in [0.15, 0.2) is 5.82 Å². The van der Waals surface area contributed by atoms with E-state index in [9.17, 15) is 0 Å². The van der Waals surface area contributed by atoms with E-state index in [1.165, 1.54) is 0 Å². The fraction of sp³-hybridized carbons (Fsp3) is 0. The summed E-state index contributed by atoms with van der Waals surface area (Å²) in [4.78, 5) is 13.2. The monoisotopic (exact) mass is 308 g/mol. The third kappa shape index (κ3) is 2.56. The van der Waals surface area contributed by atoms with Gasteiger partial charge in [-0.05, 0) is 18.2 Å². The Kier molecular flexibility index (Phi) is 3.85. The van der Waals surface area contributed by atoms with Crippen LogP contribution in [0, 0.1) is 0 Å². The molecule has 0 saturated heterocycles. The van der Waals surface area contributed by atoms with Crippen molar-refractivity contribution in [3.8, 4) is 17.1 Å². The van der Waals surface area contributed by atoms with E-state index in [0.717, 1.165) is 28.0 Å². The molecule has 0 aliphatic heterocycles. The Morgan fingerprint density at radius 2 is 1.82 bits per heavy atom. The normalized spacial score (nSPS) is 10.4. The number of fused-ring (bicyclic) bond motifs is 1. The first kappa shape index (κ1) is 14.2. The summed E-state index contributed by atoms with van der Waals surface area (Å²) >= 11 is 0. The Morgan fingerprint density at radius 1 is 0.955 bits per heavy atom. The van der Waals surface area contributed by atoms with E-state index in [2.05, 4.69) is 21.0 Å². The van der Waals surface area contributed by atoms with Crippen molar-refractivity contribution >= 4 is 23.3 Å². The lowest BCUT2D eigenvalue weighted by Gasteiger charge is -2.05. The van der Waals surface area contributed by atoms with Gasteiger partial charge in [0.25, 0.3) is 0 Å². The van der Waals surface area contributed by atoms with Crippen molar-refractivity contribution in [1.82, 2.24) is 19.5 Å². The third-order valence-corrected chi connectivity index (χ3v) is 3.40. The van der Waals surface area contributed by atoms with E-state index >= 15 is 0 Å². The van der Waals surface area contributed by atoms with Crippen LogP contribution in [0.25, 0.3) is 28.0 Å². The number of benzene rings is 2. The lowest BCUT2D eigenvalue weighted by atomic mass is 10.2. The molecule has 5 heteroatoms. The van der Waals surface area contributed by atoms with Gasteiger partial charge in [-0.1, -0.05) is 30.3 Å². The summed E-state index contributed by atoms with van der Waals surface area (Å²) in [6.45, 7) is 0. The Balaban J connectivity index is 0.00000144. The van der Waals surface area contributed by atoms with Crippen LogP contribution in [-0.2, 0) is 0 Å². The molecule has 2 heterocycles. The minimum Gasteiger partial charge on any atom is -0.306 e. The van der Waals surface area contributed by atoms with Crippen LogP contribution < -0.4 is 0 Å². The second kappa shape index (κ2) is 5.95. The van der Waals surface area contributed by atoms with Crippen LogP contribution in [0.2, 0.25) is 0 Å². The number of halogens is 1. The van der Waals surface area contributed by atoms with Gasteiger partial charge >= 0.3 is 0 Å². The zero-order valence-corrected chi connectivity index (χ0v) is 12.4. The molecule has 2 aromatic heterocycles. The molecule has 0 aliphatic carbocycles. The minimum absolute atomic E-state index is 0. The summed E-state index contributed by atoms with van der Waals surface area (Å²) in [5.41, 5.74) is 3.02. The molecule has 2 aromatic carbocycles. The van der Waals surface area contributed by atoms with Gasteiger partial charge in [0.05, 0.1) is 11.8 Å². The van der Waals surface area contributed by atoms with Crippen LogP contribution in [0.4, 0.5) is 0 Å². The lowest BCUT2D eigenvalue weighted by molar-refractivity contribution is 1.06. The first-order valence-electron chi connectivity index (χ1n) is 6.71. The van der Waals surface area contributed by atoms with Crippen LogP contribution >= 0.6 is 12.4 Å². The quantitative estimate of drug-likeness (QED) is 0.564. The van der Waals surface area contributed by atoms with Crippen LogP contribution in [0.1, 0.15) is 0 Å². The third-order valence-electron chi connectivity index (χ3n) is 3.40. The van der Waals surface area contributed by atoms with Gasteiger partial charge in [-0.25, -0.2) is 15.0 Å². The van der Waals surface area contributed by atoms with Crippen LogP contribution in [0.15, 0.2) is 73.4 Å². The molecule has 4 aromatic rings. The highest BCUT2D eigenvalue weighted by Crippen LogP contribution is 2.20. The van der Waals surface area contributed by atoms with Gasteiger partial charge in [-0.2, -0.15) is 0 Å². The number of nitrogens with zero attached hydrogens (tertiary/aromatic N) is 4. The van der Waals surface area contributed by atoms with Gasteiger partial charge < -0.3 is 4.57 Å². The summed E-state index contributed by atoms with van der Waals surface area (Å²) in [6.07, 6.45) is 7.32. The van der Waals surface area contributed by atoms with Crippen LogP contribution in [-0.4, -0.2) is 19.5 Å². The van der Waals surface area contributed by atoms with Gasteiger partial charge in [0.2, 0.25) is 0 Å². The van der Waals surface area contributed by atoms with Gasteiger partial charge in [0.1, 0.15) is 0 Å². The largest absolute Gasteiger partial charge is 0.306 e. The first-order chi connectivity index (χ1) is 10.4. The van der Waals surface area contributed by atoms with E-state index < -0.39 is 0 Å². The van der Waals surface area contributed by atoms with Crippen molar-refractivity contribution in [1.29, 1.82) is 0 Å². The number of hydrogen-bond donors (Lipinski definition) is 0.